The third kappa shape index (κ3) is 7.63. The molecule has 16 heavy (non-hydrogen) atoms. The van der Waals surface area contributed by atoms with Crippen LogP contribution >= 0.6 is 0 Å². The van der Waals surface area contributed by atoms with Gasteiger partial charge in [0.25, 0.3) is 0 Å². The molecule has 0 aliphatic rings. The fourth-order valence-electron chi connectivity index (χ4n) is 0.930. The van der Waals surface area contributed by atoms with Gasteiger partial charge in [0.05, 0.1) is 0 Å². The van der Waals surface area contributed by atoms with Gasteiger partial charge in [0, 0.05) is 0 Å². The van der Waals surface area contributed by atoms with E-state index in [0.717, 1.165) is 0 Å². The Morgan fingerprint density at radius 2 is 1.00 bits per heavy atom. The molecule has 0 radical (unpaired) electrons. The van der Waals surface area contributed by atoms with Crippen LogP contribution in [0.3, 0.4) is 0 Å². The maximum Gasteiger partial charge on any atom is 0.115 e. The summed E-state index contributed by atoms with van der Waals surface area (Å²) in [5.41, 5.74) is 1.17. The van der Waals surface area contributed by atoms with Crippen molar-refractivity contribution in [3.8, 4) is 5.75 Å². The van der Waals surface area contributed by atoms with Crippen molar-refractivity contribution in [2.45, 2.75) is 20.8 Å². The summed E-state index contributed by atoms with van der Waals surface area (Å²) in [6.07, 6.45) is 0. The van der Waals surface area contributed by atoms with Crippen LogP contribution in [0.4, 0.5) is 0 Å². The van der Waals surface area contributed by atoms with Crippen molar-refractivity contribution in [3.63, 3.8) is 0 Å². The lowest BCUT2D eigenvalue weighted by Crippen LogP contribution is -1.66. The van der Waals surface area contributed by atoms with Crippen molar-refractivity contribution in [1.29, 1.82) is 0 Å². The molecule has 0 atom stereocenters. The Hall–Kier alpha value is -1.76. The number of aromatic hydroxyl groups is 1. The normalized spacial score (nSPS) is 7.94. The summed E-state index contributed by atoms with van der Waals surface area (Å²) >= 11 is 0. The van der Waals surface area contributed by atoms with E-state index in [1.807, 2.05) is 69.3 Å². The van der Waals surface area contributed by atoms with Gasteiger partial charge in [-0.2, -0.15) is 0 Å². The SMILES string of the molecule is CC.Cc1ccc(O)cc1.c1ccccc1. The van der Waals surface area contributed by atoms with Gasteiger partial charge in [-0.3, -0.25) is 0 Å². The minimum absolute atomic E-state index is 0.329. The Bertz CT molecular complexity index is 290. The average molecular weight is 216 g/mol. The summed E-state index contributed by atoms with van der Waals surface area (Å²) in [5, 5.41) is 8.76. The van der Waals surface area contributed by atoms with Crippen molar-refractivity contribution >= 4 is 0 Å². The van der Waals surface area contributed by atoms with Crippen molar-refractivity contribution in [2.75, 3.05) is 0 Å². The number of benzene rings is 2. The molecule has 1 N–H and O–H groups in total. The fourth-order valence-corrected chi connectivity index (χ4v) is 0.930. The molecular weight excluding hydrogens is 196 g/mol. The van der Waals surface area contributed by atoms with Gasteiger partial charge in [-0.1, -0.05) is 67.9 Å². The second-order valence-electron chi connectivity index (χ2n) is 2.99. The van der Waals surface area contributed by atoms with Gasteiger partial charge in [-0.15, -0.1) is 0 Å². The number of phenolic OH excluding ortho intramolecular Hbond substituents is 1. The molecule has 2 aromatic carbocycles. The summed E-state index contributed by atoms with van der Waals surface area (Å²) in [4.78, 5) is 0. The first-order chi connectivity index (χ1) is 7.79. The zero-order chi connectivity index (χ0) is 12.2. The Balaban J connectivity index is 0.000000251. The predicted octanol–water partition coefficient (Wildman–Crippen LogP) is 4.41. The predicted molar refractivity (Wildman–Crippen MR) is 70.6 cm³/mol. The molecule has 0 heterocycles. The number of phenols is 1. The van der Waals surface area contributed by atoms with E-state index in [0.29, 0.717) is 5.75 Å². The van der Waals surface area contributed by atoms with E-state index in [9.17, 15) is 0 Å². The quantitative estimate of drug-likeness (QED) is 0.691. The average Bonchev–Trinajstić information content (AvgIpc) is 2.38. The maximum absolute atomic E-state index is 8.76. The summed E-state index contributed by atoms with van der Waals surface area (Å²) in [7, 11) is 0. The Kier molecular flexibility index (Phi) is 8.71. The number of rotatable bonds is 0. The summed E-state index contributed by atoms with van der Waals surface area (Å²) < 4.78 is 0. The van der Waals surface area contributed by atoms with Crippen LogP contribution in [0.25, 0.3) is 0 Å². The van der Waals surface area contributed by atoms with Crippen LogP contribution in [-0.2, 0) is 0 Å². The van der Waals surface area contributed by atoms with E-state index in [-0.39, 0.29) is 0 Å². The van der Waals surface area contributed by atoms with Crippen molar-refractivity contribution in [1.82, 2.24) is 0 Å². The largest absolute Gasteiger partial charge is 0.508 e. The van der Waals surface area contributed by atoms with Crippen LogP contribution in [0.2, 0.25) is 0 Å². The molecule has 0 fully saturated rings. The highest BCUT2D eigenvalue weighted by Gasteiger charge is 1.82. The molecule has 0 unspecified atom stereocenters. The smallest absolute Gasteiger partial charge is 0.115 e. The van der Waals surface area contributed by atoms with Gasteiger partial charge in [0.2, 0.25) is 0 Å². The van der Waals surface area contributed by atoms with E-state index in [1.54, 1.807) is 12.1 Å². The molecule has 2 rings (SSSR count). The lowest BCUT2D eigenvalue weighted by Gasteiger charge is -1.89. The zero-order valence-electron chi connectivity index (χ0n) is 10.2. The van der Waals surface area contributed by atoms with E-state index >= 15 is 0 Å². The third-order valence-corrected chi connectivity index (χ3v) is 1.70. The highest BCUT2D eigenvalue weighted by Crippen LogP contribution is 2.07. The molecule has 1 nitrogen and oxygen atoms in total. The zero-order valence-corrected chi connectivity index (χ0v) is 10.2. The fraction of sp³-hybridized carbons (Fsp3) is 0.200. The van der Waals surface area contributed by atoms with Gasteiger partial charge in [-0.25, -0.2) is 0 Å². The van der Waals surface area contributed by atoms with Gasteiger partial charge in [0.1, 0.15) is 5.75 Å². The minimum Gasteiger partial charge on any atom is -0.508 e. The van der Waals surface area contributed by atoms with Crippen LogP contribution in [-0.4, -0.2) is 5.11 Å². The molecule has 0 spiro atoms. The lowest BCUT2D eigenvalue weighted by molar-refractivity contribution is 0.475. The molecule has 1 heteroatoms. The molecule has 0 saturated carbocycles. The van der Waals surface area contributed by atoms with Crippen molar-refractivity contribution < 1.29 is 5.11 Å². The summed E-state index contributed by atoms with van der Waals surface area (Å²) in [5.74, 6) is 0.329. The first kappa shape index (κ1) is 14.2. The highest BCUT2D eigenvalue weighted by atomic mass is 16.3. The van der Waals surface area contributed by atoms with Gasteiger partial charge in [0.15, 0.2) is 0 Å². The molecule has 0 bridgehead atoms. The molecular formula is C15H20O. The van der Waals surface area contributed by atoms with Crippen molar-refractivity contribution in [2.24, 2.45) is 0 Å². The standard InChI is InChI=1S/C7H8O.C6H6.C2H6/c1-6-2-4-7(8)5-3-6;1-2-4-6-5-3-1;1-2/h2-5,8H,1H3;1-6H;1-2H3. The monoisotopic (exact) mass is 216 g/mol. The van der Waals surface area contributed by atoms with Crippen LogP contribution in [0.5, 0.6) is 5.75 Å². The molecule has 0 amide bonds. The van der Waals surface area contributed by atoms with E-state index < -0.39 is 0 Å². The lowest BCUT2D eigenvalue weighted by atomic mass is 10.2. The number of aryl methyl sites for hydroxylation is 1. The topological polar surface area (TPSA) is 20.2 Å². The molecule has 0 aliphatic heterocycles. The second-order valence-corrected chi connectivity index (χ2v) is 2.99. The minimum atomic E-state index is 0.329. The first-order valence-electron chi connectivity index (χ1n) is 5.54. The highest BCUT2D eigenvalue weighted by molar-refractivity contribution is 5.24. The van der Waals surface area contributed by atoms with Crippen molar-refractivity contribution in [3.05, 3.63) is 66.2 Å². The molecule has 0 aliphatic carbocycles. The van der Waals surface area contributed by atoms with E-state index in [2.05, 4.69) is 0 Å². The Morgan fingerprint density at radius 1 is 0.688 bits per heavy atom. The van der Waals surface area contributed by atoms with E-state index in [1.165, 1.54) is 5.56 Å². The van der Waals surface area contributed by atoms with E-state index in [4.69, 9.17) is 5.11 Å². The molecule has 0 aromatic heterocycles. The Morgan fingerprint density at radius 3 is 1.25 bits per heavy atom. The van der Waals surface area contributed by atoms with Gasteiger partial charge < -0.3 is 5.11 Å². The van der Waals surface area contributed by atoms with Crippen LogP contribution in [0.15, 0.2) is 60.7 Å². The van der Waals surface area contributed by atoms with Crippen LogP contribution in [0.1, 0.15) is 19.4 Å². The van der Waals surface area contributed by atoms with Crippen LogP contribution < -0.4 is 0 Å². The van der Waals surface area contributed by atoms with Gasteiger partial charge in [-0.05, 0) is 19.1 Å². The summed E-state index contributed by atoms with van der Waals surface area (Å²) in [6.45, 7) is 5.99. The van der Waals surface area contributed by atoms with Crippen LogP contribution in [0, 0.1) is 6.92 Å². The second kappa shape index (κ2) is 9.78. The van der Waals surface area contributed by atoms with Gasteiger partial charge >= 0.3 is 0 Å². The maximum atomic E-state index is 8.76. The molecule has 86 valence electrons. The number of hydrogen-bond donors (Lipinski definition) is 1. The summed E-state index contributed by atoms with van der Waals surface area (Å²) in [6, 6.07) is 19.1. The first-order valence-corrected chi connectivity index (χ1v) is 5.54. The third-order valence-electron chi connectivity index (χ3n) is 1.70. The Labute approximate surface area is 98.4 Å². The number of hydrogen-bond acceptors (Lipinski definition) is 1. The molecule has 2 aromatic rings. The molecule has 0 saturated heterocycles.